The Labute approximate surface area is 150 Å². The summed E-state index contributed by atoms with van der Waals surface area (Å²) in [6, 6.07) is 11.4. The van der Waals surface area contributed by atoms with Gasteiger partial charge < -0.3 is 9.84 Å². The van der Waals surface area contributed by atoms with Crippen molar-refractivity contribution in [1.29, 1.82) is 0 Å². The third-order valence-corrected chi connectivity index (χ3v) is 4.20. The monoisotopic (exact) mass is 354 g/mol. The summed E-state index contributed by atoms with van der Waals surface area (Å²) in [6.45, 7) is 1.52. The van der Waals surface area contributed by atoms with Crippen molar-refractivity contribution in [3.8, 4) is 0 Å². The maximum Gasteiger partial charge on any atom is 0.326 e. The molecule has 7 nitrogen and oxygen atoms in total. The van der Waals surface area contributed by atoms with Gasteiger partial charge in [-0.25, -0.2) is 0 Å². The van der Waals surface area contributed by atoms with E-state index in [9.17, 15) is 19.5 Å². The van der Waals surface area contributed by atoms with E-state index in [0.717, 1.165) is 4.90 Å². The lowest BCUT2D eigenvalue weighted by Crippen LogP contribution is -2.44. The third-order valence-electron chi connectivity index (χ3n) is 4.20. The molecule has 1 aliphatic rings. The lowest BCUT2D eigenvalue weighted by atomic mass is 9.89. The van der Waals surface area contributed by atoms with Crippen LogP contribution in [-0.4, -0.2) is 40.9 Å². The molecule has 1 amide bonds. The minimum Gasteiger partial charge on any atom is -0.465 e. The number of para-hydroxylation sites is 1. The van der Waals surface area contributed by atoms with E-state index < -0.39 is 29.7 Å². The van der Waals surface area contributed by atoms with E-state index in [4.69, 9.17) is 4.74 Å². The van der Waals surface area contributed by atoms with Gasteiger partial charge in [-0.05, 0) is 25.1 Å². The Kier molecular flexibility index (Phi) is 4.81. The van der Waals surface area contributed by atoms with Gasteiger partial charge in [-0.15, -0.1) is 0 Å². The number of aromatic nitrogens is 1. The Hall–Kier alpha value is -3.06. The van der Waals surface area contributed by atoms with Gasteiger partial charge in [0.05, 0.1) is 18.7 Å². The molecule has 0 unspecified atom stereocenters. The molecule has 1 atom stereocenters. The van der Waals surface area contributed by atoms with Crippen LogP contribution in [0.1, 0.15) is 29.4 Å². The Morgan fingerprint density at radius 3 is 2.62 bits per heavy atom. The number of ketones is 1. The summed E-state index contributed by atoms with van der Waals surface area (Å²) in [5.41, 5.74) is -1.20. The number of carbonyl (C=O) groups excluding carboxylic acids is 3. The second-order valence-electron chi connectivity index (χ2n) is 5.89. The molecule has 1 N–H and O–H groups in total. The number of benzene rings is 1. The zero-order valence-corrected chi connectivity index (χ0v) is 14.2. The molecule has 3 rings (SSSR count). The largest absolute Gasteiger partial charge is 0.465 e. The number of nitrogens with zero attached hydrogens (tertiary/aromatic N) is 2. The number of carbonyl (C=O) groups is 3. The molecule has 2 heterocycles. The highest BCUT2D eigenvalue weighted by Gasteiger charge is 2.51. The fourth-order valence-electron chi connectivity index (χ4n) is 3.02. The molecule has 0 spiro atoms. The molecular formula is C19H18N2O5. The molecule has 0 saturated carbocycles. The van der Waals surface area contributed by atoms with Crippen molar-refractivity contribution in [2.24, 2.45) is 0 Å². The number of aliphatic hydroxyl groups is 1. The Morgan fingerprint density at radius 2 is 1.92 bits per heavy atom. The summed E-state index contributed by atoms with van der Waals surface area (Å²) in [5, 5.41) is 11.1. The van der Waals surface area contributed by atoms with E-state index in [1.165, 1.54) is 12.3 Å². The highest BCUT2D eigenvalue weighted by molar-refractivity contribution is 6.12. The van der Waals surface area contributed by atoms with Gasteiger partial charge in [0, 0.05) is 11.8 Å². The Balaban J connectivity index is 1.93. The van der Waals surface area contributed by atoms with E-state index in [1.54, 1.807) is 43.3 Å². The van der Waals surface area contributed by atoms with Gasteiger partial charge in [0.2, 0.25) is 0 Å². The van der Waals surface area contributed by atoms with Gasteiger partial charge in [0.1, 0.15) is 12.2 Å². The predicted octanol–water partition coefficient (Wildman–Crippen LogP) is 1.45. The van der Waals surface area contributed by atoms with Crippen molar-refractivity contribution in [2.45, 2.75) is 18.9 Å². The zero-order valence-electron chi connectivity index (χ0n) is 14.2. The van der Waals surface area contributed by atoms with Gasteiger partial charge in [-0.1, -0.05) is 24.3 Å². The third kappa shape index (κ3) is 3.09. The van der Waals surface area contributed by atoms with E-state index in [0.29, 0.717) is 11.3 Å². The number of pyridine rings is 1. The highest BCUT2D eigenvalue weighted by Crippen LogP contribution is 2.42. The maximum atomic E-state index is 12.9. The summed E-state index contributed by atoms with van der Waals surface area (Å²) in [5.74, 6) is -1.78. The standard InChI is InChI=1S/C19H18N2O5/c1-2-26-17(23)12-21-15-9-4-3-7-13(15)19(25,18(21)24)11-16(22)14-8-5-6-10-20-14/h3-10,25H,2,11-12H2,1H3/t19-/m1/s1. The van der Waals surface area contributed by atoms with Gasteiger partial charge in [-0.2, -0.15) is 0 Å². The number of ether oxygens (including phenoxy) is 1. The van der Waals surface area contributed by atoms with Crippen molar-refractivity contribution >= 4 is 23.3 Å². The fraction of sp³-hybridized carbons (Fsp3) is 0.263. The molecule has 0 fully saturated rings. The van der Waals surface area contributed by atoms with Crippen LogP contribution in [0.4, 0.5) is 5.69 Å². The van der Waals surface area contributed by atoms with Crippen LogP contribution < -0.4 is 4.90 Å². The van der Waals surface area contributed by atoms with Crippen LogP contribution in [0.3, 0.4) is 0 Å². The van der Waals surface area contributed by atoms with Crippen molar-refractivity contribution in [3.63, 3.8) is 0 Å². The summed E-state index contributed by atoms with van der Waals surface area (Å²) < 4.78 is 4.89. The number of fused-ring (bicyclic) bond motifs is 1. The quantitative estimate of drug-likeness (QED) is 0.623. The first-order valence-electron chi connectivity index (χ1n) is 8.21. The van der Waals surface area contributed by atoms with Crippen LogP contribution in [-0.2, 0) is 19.9 Å². The molecule has 0 aliphatic carbocycles. The van der Waals surface area contributed by atoms with Crippen LogP contribution in [0, 0.1) is 0 Å². The molecule has 1 aromatic heterocycles. The minimum atomic E-state index is -2.04. The van der Waals surface area contributed by atoms with Gasteiger partial charge in [0.15, 0.2) is 11.4 Å². The summed E-state index contributed by atoms with van der Waals surface area (Å²) in [4.78, 5) is 42.3. The first-order valence-corrected chi connectivity index (χ1v) is 8.21. The van der Waals surface area contributed by atoms with Crippen LogP contribution in [0.5, 0.6) is 0 Å². The first-order chi connectivity index (χ1) is 12.5. The molecule has 0 saturated heterocycles. The first kappa shape index (κ1) is 17.8. The second-order valence-corrected chi connectivity index (χ2v) is 5.89. The smallest absolute Gasteiger partial charge is 0.326 e. The second kappa shape index (κ2) is 7.05. The van der Waals surface area contributed by atoms with E-state index in [1.807, 2.05) is 0 Å². The van der Waals surface area contributed by atoms with Gasteiger partial charge >= 0.3 is 5.97 Å². The molecule has 1 aliphatic heterocycles. The lowest BCUT2D eigenvalue weighted by molar-refractivity contribution is -0.144. The van der Waals surface area contributed by atoms with Crippen LogP contribution in [0.2, 0.25) is 0 Å². The molecule has 26 heavy (non-hydrogen) atoms. The number of amides is 1. The average Bonchev–Trinajstić information content (AvgIpc) is 2.85. The SMILES string of the molecule is CCOC(=O)CN1C(=O)[C@@](O)(CC(=O)c2ccccn2)c2ccccc21. The van der Waals surface area contributed by atoms with E-state index >= 15 is 0 Å². The topological polar surface area (TPSA) is 96.8 Å². The lowest BCUT2D eigenvalue weighted by Gasteiger charge is -2.22. The Morgan fingerprint density at radius 1 is 1.19 bits per heavy atom. The summed E-state index contributed by atoms with van der Waals surface area (Å²) in [6.07, 6.45) is 1.01. The van der Waals surface area contributed by atoms with Gasteiger partial charge in [0.25, 0.3) is 5.91 Å². The number of anilines is 1. The van der Waals surface area contributed by atoms with E-state index in [-0.39, 0.29) is 18.8 Å². The van der Waals surface area contributed by atoms with Gasteiger partial charge in [-0.3, -0.25) is 24.3 Å². The number of hydrogen-bond donors (Lipinski definition) is 1. The Bertz CT molecular complexity index is 852. The van der Waals surface area contributed by atoms with E-state index in [2.05, 4.69) is 4.98 Å². The molecular weight excluding hydrogens is 336 g/mol. The average molecular weight is 354 g/mol. The van der Waals surface area contributed by atoms with Crippen LogP contribution in [0.25, 0.3) is 0 Å². The van der Waals surface area contributed by atoms with Crippen LogP contribution in [0.15, 0.2) is 48.7 Å². The molecule has 0 radical (unpaired) electrons. The minimum absolute atomic E-state index is 0.162. The number of Topliss-reactive ketones (excluding diaryl/α,β-unsaturated/α-hetero) is 1. The van der Waals surface area contributed by atoms with Crippen molar-refractivity contribution in [3.05, 3.63) is 59.9 Å². The molecule has 0 bridgehead atoms. The number of rotatable bonds is 6. The highest BCUT2D eigenvalue weighted by atomic mass is 16.5. The maximum absolute atomic E-state index is 12.9. The normalized spacial score (nSPS) is 18.5. The molecule has 134 valence electrons. The van der Waals surface area contributed by atoms with Crippen molar-refractivity contribution < 1.29 is 24.2 Å². The van der Waals surface area contributed by atoms with Crippen molar-refractivity contribution in [1.82, 2.24) is 4.98 Å². The number of esters is 1. The molecule has 1 aromatic carbocycles. The summed E-state index contributed by atoms with van der Waals surface area (Å²) in [7, 11) is 0. The van der Waals surface area contributed by atoms with Crippen LogP contribution >= 0.6 is 0 Å². The zero-order chi connectivity index (χ0) is 18.7. The fourth-order valence-corrected chi connectivity index (χ4v) is 3.02. The molecule has 7 heteroatoms. The molecule has 2 aromatic rings. The summed E-state index contributed by atoms with van der Waals surface area (Å²) >= 11 is 0. The number of hydrogen-bond acceptors (Lipinski definition) is 6. The van der Waals surface area contributed by atoms with Crippen molar-refractivity contribution in [2.75, 3.05) is 18.1 Å². The predicted molar refractivity (Wildman–Crippen MR) is 92.5 cm³/mol.